The van der Waals surface area contributed by atoms with Crippen LogP contribution in [0.15, 0.2) is 0 Å². The zero-order chi connectivity index (χ0) is 10.9. The average Bonchev–Trinajstić information content (AvgIpc) is 2.45. The maximum Gasteiger partial charge on any atom is 0.347 e. The van der Waals surface area contributed by atoms with Crippen LogP contribution in [0.5, 0.6) is 0 Å². The van der Waals surface area contributed by atoms with Crippen molar-refractivity contribution in [3.8, 4) is 0 Å². The number of aromatic nitrogens is 1. The van der Waals surface area contributed by atoms with Crippen molar-refractivity contribution in [1.29, 1.82) is 0 Å². The van der Waals surface area contributed by atoms with E-state index < -0.39 is 11.6 Å². The molecule has 14 heavy (non-hydrogen) atoms. The van der Waals surface area contributed by atoms with Crippen molar-refractivity contribution < 1.29 is 15.0 Å². The van der Waals surface area contributed by atoms with Crippen molar-refractivity contribution >= 4 is 17.3 Å². The number of aryl methyl sites for hydroxylation is 1. The third-order valence-corrected chi connectivity index (χ3v) is 3.15. The van der Waals surface area contributed by atoms with Crippen molar-refractivity contribution in [3.63, 3.8) is 0 Å². The molecular weight excluding hydrogens is 202 g/mol. The van der Waals surface area contributed by atoms with Crippen LogP contribution in [-0.4, -0.2) is 21.2 Å². The number of hydrogen-bond acceptors (Lipinski definition) is 4. The summed E-state index contributed by atoms with van der Waals surface area (Å²) in [5.41, 5.74) is -0.526. The summed E-state index contributed by atoms with van der Waals surface area (Å²) in [6.45, 7) is 5.03. The fourth-order valence-corrected chi connectivity index (χ4v) is 2.01. The van der Waals surface area contributed by atoms with E-state index in [1.165, 1.54) is 0 Å². The van der Waals surface area contributed by atoms with E-state index >= 15 is 0 Å². The first-order valence-corrected chi connectivity index (χ1v) is 5.13. The molecule has 78 valence electrons. The first kappa shape index (κ1) is 11.1. The van der Waals surface area contributed by atoms with E-state index in [0.29, 0.717) is 17.1 Å². The molecule has 5 heteroatoms. The minimum Gasteiger partial charge on any atom is -0.477 e. The van der Waals surface area contributed by atoms with Crippen LogP contribution in [0.3, 0.4) is 0 Å². The molecule has 0 bridgehead atoms. The Balaban J connectivity index is 3.20. The first-order chi connectivity index (χ1) is 6.36. The van der Waals surface area contributed by atoms with Gasteiger partial charge in [0, 0.05) is 0 Å². The predicted molar refractivity (Wildman–Crippen MR) is 53.7 cm³/mol. The van der Waals surface area contributed by atoms with Crippen LogP contribution in [0.2, 0.25) is 0 Å². The van der Waals surface area contributed by atoms with Crippen LogP contribution < -0.4 is 0 Å². The van der Waals surface area contributed by atoms with Crippen molar-refractivity contribution in [2.24, 2.45) is 0 Å². The Morgan fingerprint density at radius 2 is 2.14 bits per heavy atom. The Hall–Kier alpha value is -0.940. The largest absolute Gasteiger partial charge is 0.477 e. The molecule has 0 spiro atoms. The van der Waals surface area contributed by atoms with Crippen LogP contribution in [0, 0.1) is 0 Å². The quantitative estimate of drug-likeness (QED) is 0.804. The molecule has 0 radical (unpaired) electrons. The van der Waals surface area contributed by atoms with Gasteiger partial charge in [0.15, 0.2) is 0 Å². The molecule has 0 saturated heterocycles. The van der Waals surface area contributed by atoms with Gasteiger partial charge in [-0.3, -0.25) is 0 Å². The van der Waals surface area contributed by atoms with Gasteiger partial charge in [0.2, 0.25) is 0 Å². The lowest BCUT2D eigenvalue weighted by Crippen LogP contribution is -2.14. The number of carboxylic acids is 1. The zero-order valence-electron chi connectivity index (χ0n) is 8.37. The van der Waals surface area contributed by atoms with Crippen LogP contribution in [-0.2, 0) is 12.0 Å². The van der Waals surface area contributed by atoms with Crippen LogP contribution in [0.1, 0.15) is 41.1 Å². The lowest BCUT2D eigenvalue weighted by Gasteiger charge is -2.12. The molecule has 0 atom stereocenters. The molecule has 0 unspecified atom stereocenters. The number of carboxylic acid groups (broad SMARTS) is 1. The van der Waals surface area contributed by atoms with Crippen molar-refractivity contribution in [1.82, 2.24) is 4.98 Å². The van der Waals surface area contributed by atoms with Gasteiger partial charge in [-0.25, -0.2) is 9.78 Å². The van der Waals surface area contributed by atoms with E-state index in [4.69, 9.17) is 5.11 Å². The molecular formula is C9H13NO3S. The topological polar surface area (TPSA) is 70.4 Å². The second-order valence-corrected chi connectivity index (χ2v) is 4.51. The van der Waals surface area contributed by atoms with E-state index in [9.17, 15) is 9.90 Å². The Morgan fingerprint density at radius 3 is 2.43 bits per heavy atom. The van der Waals surface area contributed by atoms with Gasteiger partial charge in [-0.2, -0.15) is 0 Å². The Morgan fingerprint density at radius 1 is 1.57 bits per heavy atom. The second-order valence-electron chi connectivity index (χ2n) is 3.51. The molecule has 1 rings (SSSR count). The summed E-state index contributed by atoms with van der Waals surface area (Å²) in [5, 5.41) is 19.0. The Kier molecular flexibility index (Phi) is 2.92. The number of carbonyl (C=O) groups is 1. The maximum atomic E-state index is 10.8. The maximum absolute atomic E-state index is 10.8. The number of rotatable bonds is 3. The van der Waals surface area contributed by atoms with Gasteiger partial charge in [-0.1, -0.05) is 6.92 Å². The van der Waals surface area contributed by atoms with Crippen molar-refractivity contribution in [3.05, 3.63) is 15.6 Å². The highest BCUT2D eigenvalue weighted by molar-refractivity contribution is 7.13. The minimum absolute atomic E-state index is 0.227. The number of aliphatic hydroxyl groups is 1. The van der Waals surface area contributed by atoms with E-state index in [1.54, 1.807) is 13.8 Å². The van der Waals surface area contributed by atoms with E-state index in [-0.39, 0.29) is 4.88 Å². The van der Waals surface area contributed by atoms with Gasteiger partial charge in [0.05, 0.1) is 5.69 Å². The smallest absolute Gasteiger partial charge is 0.347 e. The van der Waals surface area contributed by atoms with Gasteiger partial charge in [0.25, 0.3) is 0 Å². The van der Waals surface area contributed by atoms with Crippen molar-refractivity contribution in [2.75, 3.05) is 0 Å². The normalized spacial score (nSPS) is 11.7. The molecule has 0 aliphatic carbocycles. The highest BCUT2D eigenvalue weighted by atomic mass is 32.1. The molecule has 0 aliphatic heterocycles. The van der Waals surface area contributed by atoms with Crippen LogP contribution in [0.25, 0.3) is 0 Å². The SMILES string of the molecule is CCc1nc(C(C)(C)O)sc1C(=O)O. The molecule has 0 saturated carbocycles. The van der Waals surface area contributed by atoms with E-state index in [1.807, 2.05) is 6.92 Å². The predicted octanol–water partition coefficient (Wildman–Crippen LogP) is 1.63. The van der Waals surface area contributed by atoms with Crippen LogP contribution >= 0.6 is 11.3 Å². The number of thiazole rings is 1. The van der Waals surface area contributed by atoms with E-state index in [2.05, 4.69) is 4.98 Å². The van der Waals surface area contributed by atoms with Crippen molar-refractivity contribution in [2.45, 2.75) is 32.8 Å². The highest BCUT2D eigenvalue weighted by Gasteiger charge is 2.25. The third-order valence-electron chi connectivity index (χ3n) is 1.75. The average molecular weight is 215 g/mol. The number of hydrogen-bond donors (Lipinski definition) is 2. The summed E-state index contributed by atoms with van der Waals surface area (Å²) in [4.78, 5) is 15.1. The fourth-order valence-electron chi connectivity index (χ4n) is 1.02. The summed E-state index contributed by atoms with van der Waals surface area (Å²) >= 11 is 1.04. The fraction of sp³-hybridized carbons (Fsp3) is 0.556. The highest BCUT2D eigenvalue weighted by Crippen LogP contribution is 2.28. The summed E-state index contributed by atoms with van der Waals surface area (Å²) in [6, 6.07) is 0. The second kappa shape index (κ2) is 3.67. The minimum atomic E-state index is -1.07. The standard InChI is InChI=1S/C9H13NO3S/c1-4-5-6(7(11)12)14-8(10-5)9(2,3)13/h13H,4H2,1-3H3,(H,11,12). The van der Waals surface area contributed by atoms with Crippen LogP contribution in [0.4, 0.5) is 0 Å². The van der Waals surface area contributed by atoms with E-state index in [0.717, 1.165) is 11.3 Å². The zero-order valence-corrected chi connectivity index (χ0v) is 9.18. The molecule has 0 fully saturated rings. The monoisotopic (exact) mass is 215 g/mol. The molecule has 1 aromatic heterocycles. The molecule has 1 aromatic rings. The molecule has 0 aliphatic rings. The summed E-state index contributed by atoms with van der Waals surface area (Å²) in [7, 11) is 0. The van der Waals surface area contributed by atoms with Gasteiger partial charge in [-0.05, 0) is 20.3 Å². The van der Waals surface area contributed by atoms with Gasteiger partial charge >= 0.3 is 5.97 Å². The molecule has 0 amide bonds. The lowest BCUT2D eigenvalue weighted by atomic mass is 10.1. The third kappa shape index (κ3) is 2.10. The molecule has 1 heterocycles. The summed E-state index contributed by atoms with van der Waals surface area (Å²) < 4.78 is 0. The first-order valence-electron chi connectivity index (χ1n) is 4.32. The Bertz CT molecular complexity index is 351. The lowest BCUT2D eigenvalue weighted by molar-refractivity contribution is 0.0700. The molecule has 2 N–H and O–H groups in total. The van der Waals surface area contributed by atoms with Gasteiger partial charge < -0.3 is 10.2 Å². The number of nitrogens with zero attached hydrogens (tertiary/aromatic N) is 1. The molecule has 4 nitrogen and oxygen atoms in total. The Labute approximate surface area is 86.2 Å². The molecule has 0 aromatic carbocycles. The number of aromatic carboxylic acids is 1. The van der Waals surface area contributed by atoms with Gasteiger partial charge in [-0.15, -0.1) is 11.3 Å². The van der Waals surface area contributed by atoms with Gasteiger partial charge in [0.1, 0.15) is 15.5 Å². The summed E-state index contributed by atoms with van der Waals surface area (Å²) in [5.74, 6) is -0.977. The summed E-state index contributed by atoms with van der Waals surface area (Å²) in [6.07, 6.45) is 0.564.